The minimum atomic E-state index is -1.64. The quantitative estimate of drug-likeness (QED) is 0.790. The minimum absolute atomic E-state index is 0.232. The molecule has 0 fully saturated rings. The molecule has 0 radical (unpaired) electrons. The zero-order valence-corrected chi connectivity index (χ0v) is 10.4. The summed E-state index contributed by atoms with van der Waals surface area (Å²) in [6.45, 7) is 3.06. The predicted molar refractivity (Wildman–Crippen MR) is 66.7 cm³/mol. The highest BCUT2D eigenvalue weighted by molar-refractivity contribution is 5.87. The minimum Gasteiger partial charge on any atom is -0.390 e. The molecule has 3 heteroatoms. The first-order chi connectivity index (χ1) is 7.98. The highest BCUT2D eigenvalue weighted by atomic mass is 16.3. The number of rotatable bonds is 6. The number of carbonyl (C=O) groups is 1. The molecule has 1 rings (SSSR count). The number of benzene rings is 1. The third-order valence-corrected chi connectivity index (χ3v) is 3.08. The van der Waals surface area contributed by atoms with Crippen molar-refractivity contribution in [1.29, 1.82) is 0 Å². The van der Waals surface area contributed by atoms with Crippen LogP contribution in [0, 0.1) is 0 Å². The van der Waals surface area contributed by atoms with Crippen molar-refractivity contribution in [2.45, 2.75) is 44.8 Å². The number of aryl methyl sites for hydroxylation is 1. The first-order valence-corrected chi connectivity index (χ1v) is 5.96. The van der Waals surface area contributed by atoms with Crippen LogP contribution in [-0.4, -0.2) is 27.7 Å². The number of hydrogen-bond donors (Lipinski definition) is 2. The van der Waals surface area contributed by atoms with Crippen LogP contribution in [0.1, 0.15) is 32.3 Å². The van der Waals surface area contributed by atoms with E-state index in [9.17, 15) is 15.0 Å². The molecule has 0 unspecified atom stereocenters. The maximum Gasteiger partial charge on any atom is 0.166 e. The number of aliphatic hydroxyl groups excluding tert-OH is 1. The molecule has 0 aliphatic rings. The lowest BCUT2D eigenvalue weighted by atomic mass is 9.89. The van der Waals surface area contributed by atoms with E-state index in [4.69, 9.17) is 0 Å². The van der Waals surface area contributed by atoms with Crippen molar-refractivity contribution in [2.24, 2.45) is 0 Å². The van der Waals surface area contributed by atoms with Crippen molar-refractivity contribution in [2.75, 3.05) is 0 Å². The van der Waals surface area contributed by atoms with Gasteiger partial charge in [-0.05, 0) is 25.3 Å². The number of hydrogen-bond acceptors (Lipinski definition) is 3. The molecule has 1 aromatic carbocycles. The van der Waals surface area contributed by atoms with Gasteiger partial charge in [0.05, 0.1) is 6.10 Å². The van der Waals surface area contributed by atoms with E-state index in [0.717, 1.165) is 5.56 Å². The normalized spacial score (nSPS) is 16.2. The molecule has 0 amide bonds. The summed E-state index contributed by atoms with van der Waals surface area (Å²) in [5.41, 5.74) is -0.546. The molecule has 0 heterocycles. The van der Waals surface area contributed by atoms with E-state index in [2.05, 4.69) is 0 Å². The zero-order valence-electron chi connectivity index (χ0n) is 10.4. The fraction of sp³-hybridized carbons (Fsp3) is 0.500. The summed E-state index contributed by atoms with van der Waals surface area (Å²) in [7, 11) is 0. The second-order valence-corrected chi connectivity index (χ2v) is 4.46. The SMILES string of the molecule is CCC(=O)[C@](C)(O)[C@H](O)CCc1ccccc1. The van der Waals surface area contributed by atoms with Gasteiger partial charge in [0.15, 0.2) is 5.78 Å². The molecule has 0 saturated heterocycles. The van der Waals surface area contributed by atoms with Crippen molar-refractivity contribution < 1.29 is 15.0 Å². The Labute approximate surface area is 102 Å². The predicted octanol–water partition coefficient (Wildman–Crippen LogP) is 1.71. The molecular formula is C14H20O3. The van der Waals surface area contributed by atoms with Crippen LogP contribution < -0.4 is 0 Å². The number of Topliss-reactive ketones (excluding diaryl/α,β-unsaturated/α-hetero) is 1. The Morgan fingerprint density at radius 1 is 1.35 bits per heavy atom. The Kier molecular flexibility index (Phi) is 4.85. The van der Waals surface area contributed by atoms with Gasteiger partial charge in [-0.1, -0.05) is 37.3 Å². The molecule has 17 heavy (non-hydrogen) atoms. The van der Waals surface area contributed by atoms with Crippen LogP contribution >= 0.6 is 0 Å². The standard InChI is InChI=1S/C14H20O3/c1-3-12(15)14(2,17)13(16)10-9-11-7-5-4-6-8-11/h4-8,13,16-17H,3,9-10H2,1-2H3/t13-,14+/m1/s1. The highest BCUT2D eigenvalue weighted by Crippen LogP contribution is 2.18. The second kappa shape index (κ2) is 5.94. The molecule has 1 aromatic rings. The van der Waals surface area contributed by atoms with Gasteiger partial charge in [0.2, 0.25) is 0 Å². The molecule has 2 atom stereocenters. The Morgan fingerprint density at radius 2 is 1.94 bits per heavy atom. The molecule has 0 saturated carbocycles. The van der Waals surface area contributed by atoms with E-state index in [1.54, 1.807) is 6.92 Å². The van der Waals surface area contributed by atoms with Crippen molar-refractivity contribution in [3.8, 4) is 0 Å². The van der Waals surface area contributed by atoms with Crippen molar-refractivity contribution in [1.82, 2.24) is 0 Å². The summed E-state index contributed by atoms with van der Waals surface area (Å²) in [6, 6.07) is 9.71. The van der Waals surface area contributed by atoms with Crippen LogP contribution in [0.25, 0.3) is 0 Å². The van der Waals surface area contributed by atoms with Gasteiger partial charge in [0.25, 0.3) is 0 Å². The Balaban J connectivity index is 2.55. The second-order valence-electron chi connectivity index (χ2n) is 4.46. The average Bonchev–Trinajstić information content (AvgIpc) is 2.35. The molecule has 2 N–H and O–H groups in total. The molecule has 0 aliphatic carbocycles. The Bertz CT molecular complexity index is 357. The summed E-state index contributed by atoms with van der Waals surface area (Å²) in [6.07, 6.45) is 0.239. The zero-order chi connectivity index (χ0) is 12.9. The van der Waals surface area contributed by atoms with Gasteiger partial charge in [-0.3, -0.25) is 4.79 Å². The van der Waals surface area contributed by atoms with Crippen LogP contribution in [0.4, 0.5) is 0 Å². The fourth-order valence-electron chi connectivity index (χ4n) is 1.77. The largest absolute Gasteiger partial charge is 0.390 e. The monoisotopic (exact) mass is 236 g/mol. The van der Waals surface area contributed by atoms with Gasteiger partial charge in [0.1, 0.15) is 5.60 Å². The topological polar surface area (TPSA) is 57.5 Å². The Morgan fingerprint density at radius 3 is 2.47 bits per heavy atom. The van der Waals surface area contributed by atoms with E-state index in [0.29, 0.717) is 12.8 Å². The molecule has 3 nitrogen and oxygen atoms in total. The summed E-state index contributed by atoms with van der Waals surface area (Å²) < 4.78 is 0. The summed E-state index contributed by atoms with van der Waals surface area (Å²) in [5.74, 6) is -0.321. The summed E-state index contributed by atoms with van der Waals surface area (Å²) in [4.78, 5) is 11.5. The number of ketones is 1. The van der Waals surface area contributed by atoms with E-state index < -0.39 is 11.7 Å². The average molecular weight is 236 g/mol. The van der Waals surface area contributed by atoms with Crippen LogP contribution in [0.3, 0.4) is 0 Å². The van der Waals surface area contributed by atoms with Gasteiger partial charge in [-0.15, -0.1) is 0 Å². The van der Waals surface area contributed by atoms with Crippen LogP contribution in [0.5, 0.6) is 0 Å². The van der Waals surface area contributed by atoms with Crippen molar-refractivity contribution >= 4 is 5.78 Å². The fourth-order valence-corrected chi connectivity index (χ4v) is 1.77. The lowest BCUT2D eigenvalue weighted by molar-refractivity contribution is -0.147. The van der Waals surface area contributed by atoms with E-state index in [1.807, 2.05) is 30.3 Å². The third kappa shape index (κ3) is 3.65. The van der Waals surface area contributed by atoms with E-state index in [-0.39, 0.29) is 12.2 Å². The molecule has 0 spiro atoms. The first kappa shape index (κ1) is 13.9. The van der Waals surface area contributed by atoms with Gasteiger partial charge in [-0.2, -0.15) is 0 Å². The lowest BCUT2D eigenvalue weighted by Crippen LogP contribution is -2.46. The maximum atomic E-state index is 11.5. The molecule has 94 valence electrons. The van der Waals surface area contributed by atoms with E-state index in [1.165, 1.54) is 6.92 Å². The first-order valence-electron chi connectivity index (χ1n) is 5.96. The van der Waals surface area contributed by atoms with Gasteiger partial charge in [0, 0.05) is 6.42 Å². The third-order valence-electron chi connectivity index (χ3n) is 3.08. The molecular weight excluding hydrogens is 216 g/mol. The van der Waals surface area contributed by atoms with Gasteiger partial charge < -0.3 is 10.2 Å². The molecule has 0 aromatic heterocycles. The van der Waals surface area contributed by atoms with Crippen LogP contribution in [-0.2, 0) is 11.2 Å². The van der Waals surface area contributed by atoms with Crippen molar-refractivity contribution in [3.63, 3.8) is 0 Å². The van der Waals surface area contributed by atoms with Crippen LogP contribution in [0.2, 0.25) is 0 Å². The summed E-state index contributed by atoms with van der Waals surface area (Å²) in [5, 5.41) is 19.8. The van der Waals surface area contributed by atoms with Gasteiger partial charge >= 0.3 is 0 Å². The maximum absolute atomic E-state index is 11.5. The molecule has 0 aliphatic heterocycles. The van der Waals surface area contributed by atoms with E-state index >= 15 is 0 Å². The highest BCUT2D eigenvalue weighted by Gasteiger charge is 2.36. The molecule has 0 bridgehead atoms. The van der Waals surface area contributed by atoms with Gasteiger partial charge in [-0.25, -0.2) is 0 Å². The van der Waals surface area contributed by atoms with Crippen LogP contribution in [0.15, 0.2) is 30.3 Å². The Hall–Kier alpha value is -1.19. The van der Waals surface area contributed by atoms with Crippen molar-refractivity contribution in [3.05, 3.63) is 35.9 Å². The lowest BCUT2D eigenvalue weighted by Gasteiger charge is -2.27. The number of carbonyl (C=O) groups excluding carboxylic acids is 1. The smallest absolute Gasteiger partial charge is 0.166 e. The summed E-state index contributed by atoms with van der Waals surface area (Å²) >= 11 is 0. The number of aliphatic hydroxyl groups is 2.